The molecule has 88 valence electrons. The molecule has 2 heterocycles. The van der Waals surface area contributed by atoms with Crippen LogP contribution in [0, 0.1) is 0 Å². The second-order valence-corrected chi connectivity index (χ2v) is 5.88. The molecule has 2 atom stereocenters. The van der Waals surface area contributed by atoms with E-state index in [1.54, 1.807) is 0 Å². The first-order valence-electron chi connectivity index (χ1n) is 5.56. The van der Waals surface area contributed by atoms with Crippen LogP contribution in [0.15, 0.2) is 0 Å². The molecule has 15 heavy (non-hydrogen) atoms. The average molecular weight is 214 g/mol. The Balaban J connectivity index is 2.02. The fourth-order valence-corrected chi connectivity index (χ4v) is 2.06. The Morgan fingerprint density at radius 3 is 2.20 bits per heavy atom. The van der Waals surface area contributed by atoms with Gasteiger partial charge in [0.2, 0.25) is 0 Å². The molecule has 0 aromatic carbocycles. The van der Waals surface area contributed by atoms with E-state index in [1.165, 1.54) is 0 Å². The number of nitrogens with zero attached hydrogens (tertiary/aromatic N) is 1. The summed E-state index contributed by atoms with van der Waals surface area (Å²) < 4.78 is 11.5. The van der Waals surface area contributed by atoms with E-state index in [4.69, 9.17) is 9.47 Å². The number of likely N-dealkylation sites (N-methyl/N-ethyl adjacent to an activating group) is 1. The fourth-order valence-electron chi connectivity index (χ4n) is 2.06. The molecular formula is C11H22N2O2. The highest BCUT2D eigenvalue weighted by molar-refractivity contribution is 4.94. The molecule has 0 spiro atoms. The molecule has 0 saturated carbocycles. The van der Waals surface area contributed by atoms with Crippen LogP contribution in [0.4, 0.5) is 0 Å². The summed E-state index contributed by atoms with van der Waals surface area (Å²) in [5, 5.41) is 3.45. The van der Waals surface area contributed by atoms with Crippen LogP contribution < -0.4 is 5.32 Å². The second kappa shape index (κ2) is 3.42. The third-order valence-electron chi connectivity index (χ3n) is 3.36. The van der Waals surface area contributed by atoms with Crippen molar-refractivity contribution < 1.29 is 9.47 Å². The SMILES string of the molecule is CN1C(C2NC(C)(C)CO2)OCC1(C)C. The van der Waals surface area contributed by atoms with Gasteiger partial charge in [0.1, 0.15) is 6.23 Å². The van der Waals surface area contributed by atoms with E-state index in [0.29, 0.717) is 0 Å². The molecule has 1 N–H and O–H groups in total. The quantitative estimate of drug-likeness (QED) is 0.699. The van der Waals surface area contributed by atoms with Crippen molar-refractivity contribution in [2.45, 2.75) is 51.2 Å². The van der Waals surface area contributed by atoms with E-state index in [-0.39, 0.29) is 23.5 Å². The monoisotopic (exact) mass is 214 g/mol. The molecular weight excluding hydrogens is 192 g/mol. The van der Waals surface area contributed by atoms with Crippen LogP contribution in [0.1, 0.15) is 27.7 Å². The first-order valence-corrected chi connectivity index (χ1v) is 5.56. The van der Waals surface area contributed by atoms with E-state index < -0.39 is 0 Å². The summed E-state index contributed by atoms with van der Waals surface area (Å²) >= 11 is 0. The van der Waals surface area contributed by atoms with E-state index >= 15 is 0 Å². The number of hydrogen-bond donors (Lipinski definition) is 1. The molecule has 2 rings (SSSR count). The topological polar surface area (TPSA) is 33.7 Å². The Bertz CT molecular complexity index is 253. The van der Waals surface area contributed by atoms with Crippen molar-refractivity contribution in [1.82, 2.24) is 10.2 Å². The van der Waals surface area contributed by atoms with Crippen molar-refractivity contribution >= 4 is 0 Å². The van der Waals surface area contributed by atoms with Crippen LogP contribution >= 0.6 is 0 Å². The predicted octanol–water partition coefficient (Wildman–Crippen LogP) is 0.778. The molecule has 4 heteroatoms. The minimum atomic E-state index is -0.00762. The number of nitrogens with one attached hydrogen (secondary N) is 1. The lowest BCUT2D eigenvalue weighted by Crippen LogP contribution is -2.51. The molecule has 2 aliphatic rings. The first kappa shape index (κ1) is 11.3. The van der Waals surface area contributed by atoms with Gasteiger partial charge in [0.05, 0.1) is 13.2 Å². The van der Waals surface area contributed by atoms with Crippen LogP contribution in [0.3, 0.4) is 0 Å². The Hall–Kier alpha value is -0.160. The van der Waals surface area contributed by atoms with E-state index in [9.17, 15) is 0 Å². The number of rotatable bonds is 1. The van der Waals surface area contributed by atoms with Gasteiger partial charge in [-0.1, -0.05) is 0 Å². The molecule has 2 aliphatic heterocycles. The standard InChI is InChI=1S/C11H22N2O2/c1-10(2)6-14-8(12-10)9-13(5)11(3,4)7-15-9/h8-9,12H,6-7H2,1-5H3. The lowest BCUT2D eigenvalue weighted by molar-refractivity contribution is -0.0765. The normalized spacial score (nSPS) is 39.8. The van der Waals surface area contributed by atoms with E-state index in [0.717, 1.165) is 13.2 Å². The van der Waals surface area contributed by atoms with Crippen LogP contribution in [0.2, 0.25) is 0 Å². The molecule has 2 saturated heterocycles. The van der Waals surface area contributed by atoms with E-state index in [1.807, 2.05) is 0 Å². The van der Waals surface area contributed by atoms with Crippen molar-refractivity contribution in [3.05, 3.63) is 0 Å². The van der Waals surface area contributed by atoms with E-state index in [2.05, 4.69) is 45.0 Å². The molecule has 4 nitrogen and oxygen atoms in total. The van der Waals surface area contributed by atoms with Gasteiger partial charge >= 0.3 is 0 Å². The van der Waals surface area contributed by atoms with Gasteiger partial charge in [-0.15, -0.1) is 0 Å². The van der Waals surface area contributed by atoms with Crippen LogP contribution in [0.5, 0.6) is 0 Å². The molecule has 2 unspecified atom stereocenters. The van der Waals surface area contributed by atoms with Gasteiger partial charge < -0.3 is 9.47 Å². The van der Waals surface area contributed by atoms with Crippen LogP contribution in [-0.2, 0) is 9.47 Å². The summed E-state index contributed by atoms with van der Waals surface area (Å²) in [6, 6.07) is 0. The zero-order chi connectivity index (χ0) is 11.3. The molecule has 2 fully saturated rings. The Labute approximate surface area is 91.9 Å². The van der Waals surface area contributed by atoms with Crippen molar-refractivity contribution in [1.29, 1.82) is 0 Å². The van der Waals surface area contributed by atoms with Gasteiger partial charge in [0.15, 0.2) is 6.23 Å². The smallest absolute Gasteiger partial charge is 0.150 e. The molecule has 0 radical (unpaired) electrons. The maximum absolute atomic E-state index is 5.80. The van der Waals surface area contributed by atoms with Gasteiger partial charge in [0.25, 0.3) is 0 Å². The third kappa shape index (κ3) is 2.04. The van der Waals surface area contributed by atoms with Gasteiger partial charge in [-0.3, -0.25) is 10.2 Å². The zero-order valence-corrected chi connectivity index (χ0v) is 10.3. The second-order valence-electron chi connectivity index (χ2n) is 5.88. The predicted molar refractivity (Wildman–Crippen MR) is 58.5 cm³/mol. The first-order chi connectivity index (χ1) is 6.82. The van der Waals surface area contributed by atoms with Crippen molar-refractivity contribution in [3.8, 4) is 0 Å². The molecule has 0 aromatic rings. The van der Waals surface area contributed by atoms with Gasteiger partial charge in [-0.25, -0.2) is 0 Å². The largest absolute Gasteiger partial charge is 0.357 e. The third-order valence-corrected chi connectivity index (χ3v) is 3.36. The average Bonchev–Trinajstić information content (AvgIpc) is 2.56. The highest BCUT2D eigenvalue weighted by Gasteiger charge is 2.46. The lowest BCUT2D eigenvalue weighted by atomic mass is 10.1. The lowest BCUT2D eigenvalue weighted by Gasteiger charge is -2.31. The Morgan fingerprint density at radius 2 is 1.80 bits per heavy atom. The molecule has 0 aliphatic carbocycles. The molecule has 0 aromatic heterocycles. The highest BCUT2D eigenvalue weighted by Crippen LogP contribution is 2.29. The van der Waals surface area contributed by atoms with Gasteiger partial charge in [-0.2, -0.15) is 0 Å². The summed E-state index contributed by atoms with van der Waals surface area (Å²) in [5.74, 6) is 0. The van der Waals surface area contributed by atoms with Crippen molar-refractivity contribution in [3.63, 3.8) is 0 Å². The minimum Gasteiger partial charge on any atom is -0.357 e. The summed E-state index contributed by atoms with van der Waals surface area (Å²) in [6.45, 7) is 10.2. The van der Waals surface area contributed by atoms with Crippen molar-refractivity contribution in [2.75, 3.05) is 20.3 Å². The maximum atomic E-state index is 5.80. The highest BCUT2D eigenvalue weighted by atomic mass is 16.6. The Morgan fingerprint density at radius 1 is 1.13 bits per heavy atom. The fraction of sp³-hybridized carbons (Fsp3) is 1.00. The summed E-state index contributed by atoms with van der Waals surface area (Å²) in [5.41, 5.74) is 0.157. The summed E-state index contributed by atoms with van der Waals surface area (Å²) in [6.07, 6.45) is 0.0218. The van der Waals surface area contributed by atoms with Gasteiger partial charge in [0, 0.05) is 11.1 Å². The van der Waals surface area contributed by atoms with Crippen molar-refractivity contribution in [2.24, 2.45) is 0 Å². The van der Waals surface area contributed by atoms with Crippen LogP contribution in [-0.4, -0.2) is 48.7 Å². The van der Waals surface area contributed by atoms with Gasteiger partial charge in [-0.05, 0) is 34.7 Å². The Kier molecular flexibility index (Phi) is 2.58. The molecule has 0 bridgehead atoms. The summed E-state index contributed by atoms with van der Waals surface area (Å²) in [7, 11) is 2.09. The summed E-state index contributed by atoms with van der Waals surface area (Å²) in [4.78, 5) is 2.24. The zero-order valence-electron chi connectivity index (χ0n) is 10.3. The minimum absolute atomic E-state index is 0.00762. The number of ether oxygens (including phenoxy) is 2. The molecule has 0 amide bonds. The number of hydrogen-bond acceptors (Lipinski definition) is 4. The maximum Gasteiger partial charge on any atom is 0.150 e. The van der Waals surface area contributed by atoms with Crippen LogP contribution in [0.25, 0.3) is 0 Å².